The number of rotatable bonds is 4. The summed E-state index contributed by atoms with van der Waals surface area (Å²) in [5.74, 6) is 5.64. The number of hydrogen-bond donors (Lipinski definition) is 2. The monoisotopic (exact) mass is 274 g/mol. The van der Waals surface area contributed by atoms with Crippen molar-refractivity contribution in [3.63, 3.8) is 0 Å². The van der Waals surface area contributed by atoms with E-state index in [4.69, 9.17) is 9.84 Å². The fourth-order valence-corrected chi connectivity index (χ4v) is 2.04. The molecule has 0 aliphatic carbocycles. The maximum absolute atomic E-state index is 11.9. The Morgan fingerprint density at radius 2 is 2.45 bits per heavy atom. The molecule has 5 heteroatoms. The molecule has 1 amide bonds. The van der Waals surface area contributed by atoms with Gasteiger partial charge in [0, 0.05) is 31.5 Å². The second-order valence-electron chi connectivity index (χ2n) is 4.67. The Labute approximate surface area is 118 Å². The van der Waals surface area contributed by atoms with Gasteiger partial charge < -0.3 is 15.2 Å². The number of aliphatic hydroxyl groups excluding tert-OH is 1. The summed E-state index contributed by atoms with van der Waals surface area (Å²) in [5, 5.41) is 11.4. The molecule has 0 saturated carbocycles. The van der Waals surface area contributed by atoms with Gasteiger partial charge >= 0.3 is 0 Å². The van der Waals surface area contributed by atoms with Gasteiger partial charge in [-0.15, -0.1) is 0 Å². The van der Waals surface area contributed by atoms with Gasteiger partial charge in [-0.25, -0.2) is 4.98 Å². The number of pyridine rings is 1. The smallest absolute Gasteiger partial charge is 0.269 e. The van der Waals surface area contributed by atoms with Crippen LogP contribution in [-0.2, 0) is 4.74 Å². The average molecular weight is 274 g/mol. The summed E-state index contributed by atoms with van der Waals surface area (Å²) in [7, 11) is 0. The van der Waals surface area contributed by atoms with Gasteiger partial charge in [0.05, 0.1) is 0 Å². The van der Waals surface area contributed by atoms with Gasteiger partial charge in [0.2, 0.25) is 0 Å². The van der Waals surface area contributed by atoms with Crippen molar-refractivity contribution in [2.45, 2.75) is 12.8 Å². The lowest BCUT2D eigenvalue weighted by Gasteiger charge is -2.08. The number of ether oxygens (including phenoxy) is 1. The molecule has 1 aliphatic rings. The molecular formula is C15H18N2O3. The van der Waals surface area contributed by atoms with Gasteiger partial charge in [-0.1, -0.05) is 11.8 Å². The summed E-state index contributed by atoms with van der Waals surface area (Å²) in [6.07, 6.45) is 3.54. The first-order valence-electron chi connectivity index (χ1n) is 6.71. The summed E-state index contributed by atoms with van der Waals surface area (Å²) in [6, 6.07) is 3.35. The molecule has 106 valence electrons. The molecule has 5 nitrogen and oxygen atoms in total. The third-order valence-electron chi connectivity index (χ3n) is 3.17. The molecule has 1 aliphatic heterocycles. The molecule has 0 radical (unpaired) electrons. The van der Waals surface area contributed by atoms with Gasteiger partial charge in [0.1, 0.15) is 12.3 Å². The van der Waals surface area contributed by atoms with Crippen LogP contribution < -0.4 is 5.32 Å². The average Bonchev–Trinajstić information content (AvgIpc) is 2.99. The lowest BCUT2D eigenvalue weighted by atomic mass is 10.1. The first-order chi connectivity index (χ1) is 9.79. The van der Waals surface area contributed by atoms with Gasteiger partial charge in [-0.05, 0) is 30.9 Å². The molecule has 1 saturated heterocycles. The summed E-state index contributed by atoms with van der Waals surface area (Å²) < 4.78 is 5.29. The molecule has 2 N–H and O–H groups in total. The fourth-order valence-electron chi connectivity index (χ4n) is 2.04. The SMILES string of the molecule is O=C(NCCC1CCOC1)c1ccc(C#CCO)cn1. The minimum absolute atomic E-state index is 0.175. The second kappa shape index (κ2) is 7.63. The summed E-state index contributed by atoms with van der Waals surface area (Å²) >= 11 is 0. The van der Waals surface area contributed by atoms with Crippen molar-refractivity contribution in [2.24, 2.45) is 5.92 Å². The topological polar surface area (TPSA) is 71.5 Å². The first-order valence-corrected chi connectivity index (χ1v) is 6.71. The van der Waals surface area contributed by atoms with Gasteiger partial charge in [-0.2, -0.15) is 0 Å². The van der Waals surface area contributed by atoms with Crippen LogP contribution in [0.1, 0.15) is 28.9 Å². The van der Waals surface area contributed by atoms with Crippen LogP contribution in [0, 0.1) is 17.8 Å². The van der Waals surface area contributed by atoms with Crippen LogP contribution in [0.15, 0.2) is 18.3 Å². The van der Waals surface area contributed by atoms with Crippen molar-refractivity contribution in [1.82, 2.24) is 10.3 Å². The number of carbonyl (C=O) groups excluding carboxylic acids is 1. The Balaban J connectivity index is 1.79. The van der Waals surface area contributed by atoms with Crippen molar-refractivity contribution >= 4 is 5.91 Å². The van der Waals surface area contributed by atoms with E-state index < -0.39 is 0 Å². The fraction of sp³-hybridized carbons (Fsp3) is 0.467. The molecule has 1 fully saturated rings. The molecule has 0 bridgehead atoms. The number of amides is 1. The summed E-state index contributed by atoms with van der Waals surface area (Å²) in [4.78, 5) is 15.9. The Morgan fingerprint density at radius 3 is 3.10 bits per heavy atom. The van der Waals surface area contributed by atoms with Gasteiger partial charge in [0.25, 0.3) is 5.91 Å². The van der Waals surface area contributed by atoms with E-state index >= 15 is 0 Å². The molecule has 0 spiro atoms. The largest absolute Gasteiger partial charge is 0.384 e. The third-order valence-corrected chi connectivity index (χ3v) is 3.17. The number of aromatic nitrogens is 1. The maximum atomic E-state index is 11.9. The Kier molecular flexibility index (Phi) is 5.54. The van der Waals surface area contributed by atoms with Crippen molar-refractivity contribution in [2.75, 3.05) is 26.4 Å². The van der Waals surface area contributed by atoms with Crippen molar-refractivity contribution < 1.29 is 14.6 Å². The zero-order chi connectivity index (χ0) is 14.2. The Bertz CT molecular complexity index is 496. The lowest BCUT2D eigenvalue weighted by molar-refractivity contribution is 0.0945. The van der Waals surface area contributed by atoms with Crippen LogP contribution >= 0.6 is 0 Å². The van der Waals surface area contributed by atoms with Crippen LogP contribution in [0.5, 0.6) is 0 Å². The molecule has 1 atom stereocenters. The number of nitrogens with one attached hydrogen (secondary N) is 1. The number of hydrogen-bond acceptors (Lipinski definition) is 4. The highest BCUT2D eigenvalue weighted by atomic mass is 16.5. The first kappa shape index (κ1) is 14.5. The third kappa shape index (κ3) is 4.34. The summed E-state index contributed by atoms with van der Waals surface area (Å²) in [5.41, 5.74) is 1.06. The Morgan fingerprint density at radius 1 is 1.55 bits per heavy atom. The standard InChI is InChI=1S/C15H18N2O3/c18-8-1-2-12-3-4-14(17-10-12)15(19)16-7-5-13-6-9-20-11-13/h3-4,10,13,18H,5-9,11H2,(H,16,19). The lowest BCUT2D eigenvalue weighted by Crippen LogP contribution is -2.26. The normalized spacial score (nSPS) is 17.4. The van der Waals surface area contributed by atoms with E-state index in [9.17, 15) is 4.79 Å². The minimum Gasteiger partial charge on any atom is -0.384 e. The molecule has 2 rings (SSSR count). The van der Waals surface area contributed by atoms with Crippen LogP contribution in [0.25, 0.3) is 0 Å². The van der Waals surface area contributed by atoms with Crippen molar-refractivity contribution in [3.8, 4) is 11.8 Å². The number of carbonyl (C=O) groups is 1. The summed E-state index contributed by atoms with van der Waals surface area (Å²) in [6.45, 7) is 2.08. The van der Waals surface area contributed by atoms with E-state index in [1.807, 2.05) is 0 Å². The van der Waals surface area contributed by atoms with Crippen LogP contribution in [-0.4, -0.2) is 42.4 Å². The second-order valence-corrected chi connectivity index (χ2v) is 4.67. The molecule has 1 unspecified atom stereocenters. The predicted molar refractivity (Wildman–Crippen MR) is 74.1 cm³/mol. The van der Waals surface area contributed by atoms with E-state index in [1.165, 1.54) is 6.20 Å². The van der Waals surface area contributed by atoms with E-state index in [2.05, 4.69) is 22.1 Å². The molecule has 0 aromatic carbocycles. The molecule has 2 heterocycles. The van der Waals surface area contributed by atoms with Crippen molar-refractivity contribution in [1.29, 1.82) is 0 Å². The van der Waals surface area contributed by atoms with Gasteiger partial charge in [-0.3, -0.25) is 4.79 Å². The maximum Gasteiger partial charge on any atom is 0.269 e. The van der Waals surface area contributed by atoms with Crippen molar-refractivity contribution in [3.05, 3.63) is 29.6 Å². The predicted octanol–water partition coefficient (Wildman–Crippen LogP) is 0.582. The van der Waals surface area contributed by atoms with Crippen LogP contribution in [0.3, 0.4) is 0 Å². The zero-order valence-electron chi connectivity index (χ0n) is 11.3. The highest BCUT2D eigenvalue weighted by molar-refractivity contribution is 5.92. The zero-order valence-corrected chi connectivity index (χ0v) is 11.3. The number of nitrogens with zero attached hydrogens (tertiary/aromatic N) is 1. The van der Waals surface area contributed by atoms with E-state index in [1.54, 1.807) is 12.1 Å². The van der Waals surface area contributed by atoms with Gasteiger partial charge in [0.15, 0.2) is 0 Å². The Hall–Kier alpha value is -1.90. The highest BCUT2D eigenvalue weighted by Gasteiger charge is 2.15. The molecule has 1 aromatic heterocycles. The van der Waals surface area contributed by atoms with E-state index in [0.717, 1.165) is 26.1 Å². The molecule has 20 heavy (non-hydrogen) atoms. The van der Waals surface area contributed by atoms with Crippen LogP contribution in [0.2, 0.25) is 0 Å². The number of aliphatic hydroxyl groups is 1. The minimum atomic E-state index is -0.187. The molecular weight excluding hydrogens is 256 g/mol. The van der Waals surface area contributed by atoms with E-state index in [-0.39, 0.29) is 12.5 Å². The van der Waals surface area contributed by atoms with E-state index in [0.29, 0.717) is 23.7 Å². The highest BCUT2D eigenvalue weighted by Crippen LogP contribution is 2.15. The quantitative estimate of drug-likeness (QED) is 0.788. The molecule has 1 aromatic rings. The van der Waals surface area contributed by atoms with Crippen LogP contribution in [0.4, 0.5) is 0 Å².